The number of nitrogens with zero attached hydrogens (tertiary/aromatic N) is 4. The van der Waals surface area contributed by atoms with Crippen LogP contribution in [-0.4, -0.2) is 54.4 Å². The van der Waals surface area contributed by atoms with E-state index in [-0.39, 0.29) is 11.7 Å². The van der Waals surface area contributed by atoms with E-state index >= 15 is 0 Å². The molecule has 1 aliphatic heterocycles. The normalized spacial score (nSPS) is 13.7. The predicted octanol–water partition coefficient (Wildman–Crippen LogP) is 5.52. The van der Waals surface area contributed by atoms with Crippen LogP contribution in [0.3, 0.4) is 0 Å². The van der Waals surface area contributed by atoms with Gasteiger partial charge in [-0.3, -0.25) is 4.79 Å². The fourth-order valence-electron chi connectivity index (χ4n) is 3.95. The molecule has 0 unspecified atom stereocenters. The molecule has 1 fully saturated rings. The second-order valence-electron chi connectivity index (χ2n) is 8.22. The van der Waals surface area contributed by atoms with E-state index < -0.39 is 0 Å². The number of nitrogens with one attached hydrogen (secondary N) is 1. The molecule has 1 aliphatic rings. The largest absolute Gasteiger partial charge is 0.368 e. The van der Waals surface area contributed by atoms with E-state index in [1.807, 2.05) is 6.07 Å². The number of piperazine rings is 1. The van der Waals surface area contributed by atoms with Crippen LogP contribution in [0.5, 0.6) is 0 Å². The molecule has 2 heterocycles. The lowest BCUT2D eigenvalue weighted by Crippen LogP contribution is -2.47. The van der Waals surface area contributed by atoms with E-state index in [1.54, 1.807) is 18.2 Å². The van der Waals surface area contributed by atoms with Crippen LogP contribution in [0.25, 0.3) is 0 Å². The number of amides is 1. The number of benzene rings is 2. The van der Waals surface area contributed by atoms with Gasteiger partial charge >= 0.3 is 0 Å². The van der Waals surface area contributed by atoms with Crippen molar-refractivity contribution in [2.75, 3.05) is 48.3 Å². The van der Waals surface area contributed by atoms with Crippen molar-refractivity contribution in [3.05, 3.63) is 74.9 Å². The summed E-state index contributed by atoms with van der Waals surface area (Å²) in [5.41, 5.74) is 3.49. The summed E-state index contributed by atoms with van der Waals surface area (Å²) >= 11 is 19.7. The molecule has 0 aliphatic carbocycles. The fraction of sp³-hybridized carbons (Fsp3) is 0.320. The summed E-state index contributed by atoms with van der Waals surface area (Å²) in [6, 6.07) is 15.6. The van der Waals surface area contributed by atoms with Crippen LogP contribution in [-0.2, 0) is 11.2 Å². The zero-order valence-corrected chi connectivity index (χ0v) is 22.4. The Labute approximate surface area is 225 Å². The Balaban J connectivity index is 1.27. The van der Waals surface area contributed by atoms with Crippen molar-refractivity contribution < 1.29 is 4.79 Å². The highest BCUT2D eigenvalue weighted by Gasteiger charge is 2.20. The predicted molar refractivity (Wildman–Crippen MR) is 147 cm³/mol. The Morgan fingerprint density at radius 3 is 2.49 bits per heavy atom. The van der Waals surface area contributed by atoms with E-state index in [4.69, 9.17) is 34.8 Å². The first kappa shape index (κ1) is 25.9. The van der Waals surface area contributed by atoms with Gasteiger partial charge in [0.15, 0.2) is 5.16 Å². The van der Waals surface area contributed by atoms with Gasteiger partial charge in [0.25, 0.3) is 0 Å². The zero-order chi connectivity index (χ0) is 24.8. The van der Waals surface area contributed by atoms with E-state index in [2.05, 4.69) is 56.3 Å². The summed E-state index contributed by atoms with van der Waals surface area (Å²) in [6.45, 7) is 6.08. The molecule has 0 atom stereocenters. The smallest absolute Gasteiger partial charge is 0.230 e. The van der Waals surface area contributed by atoms with Gasteiger partial charge in [-0.25, -0.2) is 9.97 Å². The van der Waals surface area contributed by atoms with Gasteiger partial charge in [0.2, 0.25) is 5.91 Å². The Kier molecular flexibility index (Phi) is 9.00. The van der Waals surface area contributed by atoms with E-state index in [9.17, 15) is 4.79 Å². The van der Waals surface area contributed by atoms with Crippen LogP contribution >= 0.6 is 46.6 Å². The maximum atomic E-state index is 12.3. The van der Waals surface area contributed by atoms with Crippen molar-refractivity contribution >= 4 is 64.0 Å². The van der Waals surface area contributed by atoms with E-state index in [1.165, 1.54) is 23.0 Å². The molecule has 0 saturated carbocycles. The molecule has 1 saturated heterocycles. The summed E-state index contributed by atoms with van der Waals surface area (Å²) in [5.74, 6) is 0.890. The van der Waals surface area contributed by atoms with Crippen molar-refractivity contribution in [2.45, 2.75) is 18.5 Å². The Morgan fingerprint density at radius 2 is 1.74 bits per heavy atom. The lowest BCUT2D eigenvalue weighted by atomic mass is 10.1. The van der Waals surface area contributed by atoms with Gasteiger partial charge in [0, 0.05) is 54.5 Å². The molecule has 6 nitrogen and oxygen atoms in total. The first-order valence-electron chi connectivity index (χ1n) is 11.3. The number of hydrogen-bond acceptors (Lipinski definition) is 6. The molecule has 2 aromatic carbocycles. The molecule has 1 N–H and O–H groups in total. The molecular weight excluding hydrogens is 525 g/mol. The zero-order valence-electron chi connectivity index (χ0n) is 19.3. The van der Waals surface area contributed by atoms with Crippen LogP contribution in [0, 0.1) is 6.92 Å². The van der Waals surface area contributed by atoms with E-state index in [0.29, 0.717) is 33.3 Å². The molecule has 0 spiro atoms. The average molecular weight is 551 g/mol. The maximum absolute atomic E-state index is 12.3. The van der Waals surface area contributed by atoms with Crippen LogP contribution in [0.4, 0.5) is 11.5 Å². The second kappa shape index (κ2) is 12.2. The number of thioether (sulfide) groups is 1. The molecular formula is C25H26Cl3N5OS. The van der Waals surface area contributed by atoms with Crippen LogP contribution in [0.15, 0.2) is 53.7 Å². The molecule has 184 valence electrons. The number of anilines is 2. The van der Waals surface area contributed by atoms with E-state index in [0.717, 1.165) is 37.6 Å². The standard InChI is InChI=1S/C25H26Cl3N5OS/c1-17-4-2-3-5-21(17)32-10-12-33(13-11-32)23-15-22(28)30-25(31-23)35-16-24(34)29-9-8-18-6-7-19(26)14-20(18)27/h2-7,14-15H,8-13,16H2,1H3,(H,29,34). The SMILES string of the molecule is Cc1ccccc1N1CCN(c2cc(Cl)nc(SCC(=O)NCCc3ccc(Cl)cc3Cl)n2)CC1. The fourth-order valence-corrected chi connectivity index (χ4v) is 5.36. The highest BCUT2D eigenvalue weighted by molar-refractivity contribution is 7.99. The highest BCUT2D eigenvalue weighted by atomic mass is 35.5. The van der Waals surface area contributed by atoms with Crippen LogP contribution in [0.2, 0.25) is 15.2 Å². The van der Waals surface area contributed by atoms with Gasteiger partial charge in [-0.15, -0.1) is 0 Å². The van der Waals surface area contributed by atoms with Gasteiger partial charge in [-0.2, -0.15) is 0 Å². The maximum Gasteiger partial charge on any atom is 0.230 e. The first-order valence-corrected chi connectivity index (χ1v) is 13.4. The molecule has 10 heteroatoms. The average Bonchev–Trinajstić information content (AvgIpc) is 2.84. The van der Waals surface area contributed by atoms with Crippen molar-refractivity contribution in [3.8, 4) is 0 Å². The summed E-state index contributed by atoms with van der Waals surface area (Å²) in [6.07, 6.45) is 0.624. The Morgan fingerprint density at radius 1 is 1.00 bits per heavy atom. The Hall–Kier alpha value is -2.19. The van der Waals surface area contributed by atoms with Gasteiger partial charge in [0.05, 0.1) is 5.75 Å². The number of para-hydroxylation sites is 1. The number of carbonyl (C=O) groups excluding carboxylic acids is 1. The van der Waals surface area contributed by atoms with Crippen LogP contribution < -0.4 is 15.1 Å². The summed E-state index contributed by atoms with van der Waals surface area (Å²) in [7, 11) is 0. The minimum Gasteiger partial charge on any atom is -0.368 e. The lowest BCUT2D eigenvalue weighted by molar-refractivity contribution is -0.118. The number of aromatic nitrogens is 2. The van der Waals surface area contributed by atoms with Gasteiger partial charge in [-0.1, -0.05) is 70.8 Å². The molecule has 3 aromatic rings. The number of carbonyl (C=O) groups is 1. The number of hydrogen-bond donors (Lipinski definition) is 1. The minimum atomic E-state index is -0.0999. The third-order valence-corrected chi connectivity index (χ3v) is 7.41. The third-order valence-electron chi connectivity index (χ3n) is 5.78. The second-order valence-corrected chi connectivity index (χ2v) is 10.4. The van der Waals surface area contributed by atoms with Crippen molar-refractivity contribution in [2.24, 2.45) is 0 Å². The number of rotatable bonds is 8. The summed E-state index contributed by atoms with van der Waals surface area (Å²) in [4.78, 5) is 25.9. The van der Waals surface area contributed by atoms with Crippen molar-refractivity contribution in [1.82, 2.24) is 15.3 Å². The van der Waals surface area contributed by atoms with Gasteiger partial charge < -0.3 is 15.1 Å². The minimum absolute atomic E-state index is 0.0999. The first-order chi connectivity index (χ1) is 16.9. The van der Waals surface area contributed by atoms with Crippen molar-refractivity contribution in [1.29, 1.82) is 0 Å². The quantitative estimate of drug-likeness (QED) is 0.226. The van der Waals surface area contributed by atoms with Crippen LogP contribution in [0.1, 0.15) is 11.1 Å². The molecule has 1 aromatic heterocycles. The molecule has 1 amide bonds. The highest BCUT2D eigenvalue weighted by Crippen LogP contribution is 2.26. The summed E-state index contributed by atoms with van der Waals surface area (Å²) in [5, 5.41) is 4.96. The lowest BCUT2D eigenvalue weighted by Gasteiger charge is -2.37. The molecule has 35 heavy (non-hydrogen) atoms. The van der Waals surface area contributed by atoms with Gasteiger partial charge in [0.1, 0.15) is 11.0 Å². The monoisotopic (exact) mass is 549 g/mol. The molecule has 0 bridgehead atoms. The molecule has 4 rings (SSSR count). The number of aryl methyl sites for hydroxylation is 1. The van der Waals surface area contributed by atoms with Gasteiger partial charge in [-0.05, 0) is 42.7 Å². The third kappa shape index (κ3) is 7.17. The summed E-state index contributed by atoms with van der Waals surface area (Å²) < 4.78 is 0. The molecule has 0 radical (unpaired) electrons. The number of halogens is 3. The Bertz CT molecular complexity index is 1190. The van der Waals surface area contributed by atoms with Crippen molar-refractivity contribution in [3.63, 3.8) is 0 Å². The topological polar surface area (TPSA) is 61.4 Å².